The van der Waals surface area contributed by atoms with Crippen LogP contribution in [0.1, 0.15) is 45.0 Å². The quantitative estimate of drug-likeness (QED) is 0.132. The van der Waals surface area contributed by atoms with E-state index in [2.05, 4.69) is 37.8 Å². The van der Waals surface area contributed by atoms with Gasteiger partial charge in [-0.25, -0.2) is 4.79 Å². The first-order valence-electron chi connectivity index (χ1n) is 14.5. The van der Waals surface area contributed by atoms with Gasteiger partial charge in [-0.15, -0.1) is 0 Å². The first-order chi connectivity index (χ1) is 21.1. The van der Waals surface area contributed by atoms with Crippen LogP contribution in [0.4, 0.5) is 0 Å². The van der Waals surface area contributed by atoms with Crippen LogP contribution < -0.4 is 4.74 Å². The maximum atomic E-state index is 11.8. The van der Waals surface area contributed by atoms with E-state index in [9.17, 15) is 9.59 Å². The number of nitrogens with one attached hydrogen (secondary N) is 1. The molecule has 0 bridgehead atoms. The van der Waals surface area contributed by atoms with Gasteiger partial charge in [0.2, 0.25) is 0 Å². The molecule has 3 heterocycles. The molecule has 4 aromatic rings. The van der Waals surface area contributed by atoms with Crippen LogP contribution in [-0.4, -0.2) is 101 Å². The van der Waals surface area contributed by atoms with Gasteiger partial charge >= 0.3 is 5.97 Å². The number of ether oxygens (including phenoxy) is 5. The summed E-state index contributed by atoms with van der Waals surface area (Å²) >= 11 is 0. The van der Waals surface area contributed by atoms with Gasteiger partial charge in [-0.2, -0.15) is 0 Å². The summed E-state index contributed by atoms with van der Waals surface area (Å²) in [5.74, 6) is 0.481. The average Bonchev–Trinajstić information content (AvgIpc) is 3.42. The van der Waals surface area contributed by atoms with Gasteiger partial charge < -0.3 is 33.6 Å². The number of nitrogens with zero attached hydrogens (tertiary/aromatic N) is 2. The Morgan fingerprint density at radius 2 is 1.67 bits per heavy atom. The molecule has 5 rings (SSSR count). The zero-order chi connectivity index (χ0) is 30.4. The van der Waals surface area contributed by atoms with Crippen LogP contribution in [0.15, 0.2) is 54.9 Å². The van der Waals surface area contributed by atoms with Crippen LogP contribution in [-0.2, 0) is 18.9 Å². The molecule has 1 fully saturated rings. The number of fused-ring (bicyclic) bond motifs is 3. The summed E-state index contributed by atoms with van der Waals surface area (Å²) in [5, 5.41) is 2.41. The minimum atomic E-state index is -0.577. The van der Waals surface area contributed by atoms with E-state index in [-0.39, 0.29) is 11.1 Å². The maximum Gasteiger partial charge on any atom is 0.338 e. The molecular weight excluding hydrogens is 550 g/mol. The summed E-state index contributed by atoms with van der Waals surface area (Å²) in [6, 6.07) is 13.5. The number of benzene rings is 2. The summed E-state index contributed by atoms with van der Waals surface area (Å²) in [4.78, 5) is 33.2. The molecule has 2 aromatic carbocycles. The van der Waals surface area contributed by atoms with Gasteiger partial charge in [-0.1, -0.05) is 12.1 Å². The first-order valence-corrected chi connectivity index (χ1v) is 14.5. The summed E-state index contributed by atoms with van der Waals surface area (Å²) in [6.45, 7) is 5.46. The molecular formula is C33H41N3O7. The van der Waals surface area contributed by atoms with Crippen LogP contribution in [0.25, 0.3) is 21.8 Å². The maximum absolute atomic E-state index is 11.8. The molecule has 10 nitrogen and oxygen atoms in total. The van der Waals surface area contributed by atoms with E-state index in [1.165, 1.54) is 41.1 Å². The van der Waals surface area contributed by atoms with E-state index in [0.29, 0.717) is 51.0 Å². The van der Waals surface area contributed by atoms with Crippen molar-refractivity contribution in [1.82, 2.24) is 14.9 Å². The van der Waals surface area contributed by atoms with Crippen molar-refractivity contribution in [2.45, 2.75) is 18.8 Å². The molecule has 2 aromatic heterocycles. The third kappa shape index (κ3) is 8.84. The zero-order valence-corrected chi connectivity index (χ0v) is 25.2. The SMILES string of the molecule is COC.COC(=O)c1cc(OCCOCCOCCN2CCC(c3ccc4c(c3)[nH]c3ccncc34)CC2)ccc1C=O. The minimum absolute atomic E-state index is 0.179. The molecule has 1 N–H and O–H groups in total. The number of piperidine rings is 1. The summed E-state index contributed by atoms with van der Waals surface area (Å²) in [7, 11) is 4.52. The second kappa shape index (κ2) is 16.7. The molecule has 1 aliphatic heterocycles. The number of methoxy groups -OCH3 is 2. The Labute approximate surface area is 252 Å². The topological polar surface area (TPSA) is 112 Å². The van der Waals surface area contributed by atoms with Gasteiger partial charge in [-0.05, 0) is 67.7 Å². The van der Waals surface area contributed by atoms with Gasteiger partial charge in [0.25, 0.3) is 0 Å². The Bertz CT molecular complexity index is 1460. The van der Waals surface area contributed by atoms with Gasteiger partial charge in [0.15, 0.2) is 6.29 Å². The Balaban J connectivity index is 0.00000135. The predicted octanol–water partition coefficient (Wildman–Crippen LogP) is 4.87. The largest absolute Gasteiger partial charge is 0.491 e. The van der Waals surface area contributed by atoms with Gasteiger partial charge in [0.1, 0.15) is 12.4 Å². The number of likely N-dealkylation sites (tertiary alicyclic amines) is 1. The van der Waals surface area contributed by atoms with Crippen molar-refractivity contribution < 1.29 is 33.3 Å². The lowest BCUT2D eigenvalue weighted by molar-refractivity contribution is 0.0272. The highest BCUT2D eigenvalue weighted by Gasteiger charge is 2.21. The van der Waals surface area contributed by atoms with Crippen LogP contribution in [0.3, 0.4) is 0 Å². The third-order valence-electron chi connectivity index (χ3n) is 7.46. The Morgan fingerprint density at radius 1 is 0.930 bits per heavy atom. The molecule has 230 valence electrons. The fraction of sp³-hybridized carbons (Fsp3) is 0.424. The first kappa shape index (κ1) is 32.1. The number of carbonyl (C=O) groups is 2. The Morgan fingerprint density at radius 3 is 2.42 bits per heavy atom. The van der Waals surface area contributed by atoms with Crippen molar-refractivity contribution in [1.29, 1.82) is 0 Å². The smallest absolute Gasteiger partial charge is 0.338 e. The Kier molecular flexibility index (Phi) is 12.5. The second-order valence-electron chi connectivity index (χ2n) is 10.3. The fourth-order valence-corrected chi connectivity index (χ4v) is 5.26. The van der Waals surface area contributed by atoms with Crippen LogP contribution in [0.5, 0.6) is 5.75 Å². The number of aromatic nitrogens is 2. The third-order valence-corrected chi connectivity index (χ3v) is 7.46. The van der Waals surface area contributed by atoms with E-state index < -0.39 is 5.97 Å². The molecule has 0 unspecified atom stereocenters. The van der Waals surface area contributed by atoms with Crippen molar-refractivity contribution >= 4 is 34.1 Å². The molecule has 0 saturated carbocycles. The molecule has 0 atom stereocenters. The van der Waals surface area contributed by atoms with E-state index in [4.69, 9.17) is 18.9 Å². The molecule has 0 spiro atoms. The van der Waals surface area contributed by atoms with Crippen molar-refractivity contribution in [2.24, 2.45) is 0 Å². The molecule has 43 heavy (non-hydrogen) atoms. The van der Waals surface area contributed by atoms with Crippen LogP contribution >= 0.6 is 0 Å². The highest BCUT2D eigenvalue weighted by atomic mass is 16.5. The average molecular weight is 592 g/mol. The number of rotatable bonds is 13. The van der Waals surface area contributed by atoms with Gasteiger partial charge in [-0.3, -0.25) is 9.78 Å². The van der Waals surface area contributed by atoms with Crippen LogP contribution in [0, 0.1) is 0 Å². The highest BCUT2D eigenvalue weighted by Crippen LogP contribution is 2.32. The van der Waals surface area contributed by atoms with E-state index in [0.717, 1.165) is 38.0 Å². The lowest BCUT2D eigenvalue weighted by atomic mass is 9.89. The summed E-state index contributed by atoms with van der Waals surface area (Å²) in [6.07, 6.45) is 6.67. The number of aldehydes is 1. The van der Waals surface area contributed by atoms with Gasteiger partial charge in [0.05, 0.1) is 39.1 Å². The minimum Gasteiger partial charge on any atom is -0.491 e. The molecule has 0 amide bonds. The van der Waals surface area contributed by atoms with E-state index >= 15 is 0 Å². The normalized spacial score (nSPS) is 13.9. The second-order valence-corrected chi connectivity index (χ2v) is 10.3. The molecule has 0 aliphatic carbocycles. The number of H-pyrrole nitrogens is 1. The monoisotopic (exact) mass is 591 g/mol. The fourth-order valence-electron chi connectivity index (χ4n) is 5.26. The number of pyridine rings is 1. The lowest BCUT2D eigenvalue weighted by Gasteiger charge is -2.32. The van der Waals surface area contributed by atoms with Crippen molar-refractivity contribution in [3.63, 3.8) is 0 Å². The van der Waals surface area contributed by atoms with E-state index in [1.807, 2.05) is 18.5 Å². The standard InChI is InChI=1S/C31H35N3O6.C2H6O/c1-37-31(36)27-19-25(4-2-24(27)21-35)40-17-16-39-15-14-38-13-12-34-10-7-22(8-11-34)23-3-5-26-28-20-32-9-6-29(28)33-30(26)18-23;1-3-2/h2-6,9,18-22,33H,7-8,10-17H2,1H3;1-2H3. The molecule has 1 aliphatic rings. The van der Waals surface area contributed by atoms with Crippen molar-refractivity contribution in [2.75, 3.05) is 74.0 Å². The number of esters is 1. The number of hydrogen-bond acceptors (Lipinski definition) is 9. The molecule has 1 saturated heterocycles. The van der Waals surface area contributed by atoms with Crippen LogP contribution in [0.2, 0.25) is 0 Å². The lowest BCUT2D eigenvalue weighted by Crippen LogP contribution is -2.35. The van der Waals surface area contributed by atoms with E-state index in [1.54, 1.807) is 20.3 Å². The number of hydrogen-bond donors (Lipinski definition) is 1. The number of aromatic amines is 1. The van der Waals surface area contributed by atoms with Crippen molar-refractivity contribution in [3.8, 4) is 5.75 Å². The summed E-state index contributed by atoms with van der Waals surface area (Å²) in [5.41, 5.74) is 4.17. The molecule has 10 heteroatoms. The van der Waals surface area contributed by atoms with Gasteiger partial charge in [0, 0.05) is 60.5 Å². The van der Waals surface area contributed by atoms with Crippen molar-refractivity contribution in [3.05, 3.63) is 71.5 Å². The zero-order valence-electron chi connectivity index (χ0n) is 25.2. The molecule has 0 radical (unpaired) electrons. The number of carbonyl (C=O) groups excluding carboxylic acids is 2. The highest BCUT2D eigenvalue weighted by molar-refractivity contribution is 6.06. The Hall–Kier alpha value is -3.83. The summed E-state index contributed by atoms with van der Waals surface area (Å²) < 4.78 is 25.9. The predicted molar refractivity (Wildman–Crippen MR) is 165 cm³/mol.